The van der Waals surface area contributed by atoms with Crippen LogP contribution in [0.1, 0.15) is 19.8 Å². The van der Waals surface area contributed by atoms with Gasteiger partial charge in [-0.1, -0.05) is 0 Å². The molecule has 22 heavy (non-hydrogen) atoms. The molecule has 0 heterocycles. The van der Waals surface area contributed by atoms with E-state index in [1.165, 1.54) is 0 Å². The molecule has 130 valence electrons. The molecule has 0 saturated carbocycles. The van der Waals surface area contributed by atoms with E-state index in [0.29, 0.717) is 0 Å². The topological polar surface area (TPSA) is 43.4 Å². The lowest BCUT2D eigenvalue weighted by Crippen LogP contribution is -2.61. The van der Waals surface area contributed by atoms with Crippen molar-refractivity contribution in [1.82, 2.24) is 0 Å². The molecule has 0 aromatic carbocycles. The maximum atomic E-state index is 13.0. The number of ketones is 1. The van der Waals surface area contributed by atoms with Crippen LogP contribution in [-0.4, -0.2) is 42.3 Å². The molecule has 0 radical (unpaired) electrons. The van der Waals surface area contributed by atoms with E-state index < -0.39 is 55.1 Å². The normalized spacial score (nSPS) is 13.9. The lowest BCUT2D eigenvalue weighted by Gasteiger charge is -2.33. The minimum atomic E-state index is -6.98. The van der Waals surface area contributed by atoms with Crippen LogP contribution in [0.3, 0.4) is 0 Å². The third kappa shape index (κ3) is 4.26. The third-order valence-electron chi connectivity index (χ3n) is 2.28. The smallest absolute Gasteiger partial charge is 0.460 e. The van der Waals surface area contributed by atoms with Crippen LogP contribution in [0.4, 0.5) is 39.5 Å². The largest absolute Gasteiger partial charge is 0.465 e. The Morgan fingerprint density at radius 1 is 0.864 bits per heavy atom. The molecule has 0 aliphatic heterocycles. The van der Waals surface area contributed by atoms with Gasteiger partial charge in [-0.05, 0) is 6.92 Å². The lowest BCUT2D eigenvalue weighted by atomic mass is 10.0. The van der Waals surface area contributed by atoms with E-state index in [2.05, 4.69) is 4.74 Å². The SMILES string of the molecule is CC(=O)CC(=O)OCCC(F)(F)C(F)(F)C(F)(F)C(F)(F)F. The zero-order valence-corrected chi connectivity index (χ0v) is 10.7. The second-order valence-electron chi connectivity index (χ2n) is 4.20. The van der Waals surface area contributed by atoms with Gasteiger partial charge in [-0.2, -0.15) is 39.5 Å². The van der Waals surface area contributed by atoms with E-state index in [1.54, 1.807) is 0 Å². The number of Topliss-reactive ketones (excluding diaryl/α,β-unsaturated/α-hetero) is 1. The van der Waals surface area contributed by atoms with Crippen LogP contribution < -0.4 is 0 Å². The molecule has 0 aromatic rings. The number of carbonyl (C=O) groups is 2. The maximum absolute atomic E-state index is 13.0. The van der Waals surface area contributed by atoms with Crippen molar-refractivity contribution >= 4 is 11.8 Å². The minimum absolute atomic E-state index is 0.759. The Kier molecular flexibility index (Phi) is 5.90. The van der Waals surface area contributed by atoms with Crippen molar-refractivity contribution < 1.29 is 53.8 Å². The highest BCUT2D eigenvalue weighted by Gasteiger charge is 2.81. The fourth-order valence-electron chi connectivity index (χ4n) is 1.11. The first-order valence-electron chi connectivity index (χ1n) is 5.41. The van der Waals surface area contributed by atoms with Gasteiger partial charge in [-0.25, -0.2) is 0 Å². The Balaban J connectivity index is 4.93. The van der Waals surface area contributed by atoms with Gasteiger partial charge in [0.05, 0.1) is 13.0 Å². The Morgan fingerprint density at radius 2 is 1.32 bits per heavy atom. The molecule has 0 aromatic heterocycles. The van der Waals surface area contributed by atoms with Crippen molar-refractivity contribution in [2.24, 2.45) is 0 Å². The summed E-state index contributed by atoms with van der Waals surface area (Å²) in [6.07, 6.45) is -10.1. The molecule has 0 saturated heterocycles. The van der Waals surface area contributed by atoms with E-state index in [-0.39, 0.29) is 0 Å². The van der Waals surface area contributed by atoms with Crippen molar-refractivity contribution in [1.29, 1.82) is 0 Å². The summed E-state index contributed by atoms with van der Waals surface area (Å²) < 4.78 is 116. The Bertz CT molecular complexity index is 428. The number of hydrogen-bond acceptors (Lipinski definition) is 3. The van der Waals surface area contributed by atoms with Gasteiger partial charge in [0, 0.05) is 0 Å². The van der Waals surface area contributed by atoms with Crippen LogP contribution in [-0.2, 0) is 14.3 Å². The summed E-state index contributed by atoms with van der Waals surface area (Å²) in [5, 5.41) is 0. The number of alkyl halides is 9. The number of ether oxygens (including phenoxy) is 1. The van der Waals surface area contributed by atoms with Crippen LogP contribution in [0.5, 0.6) is 0 Å². The number of hydrogen-bond donors (Lipinski definition) is 0. The number of esters is 1. The fraction of sp³-hybridized carbons (Fsp3) is 0.800. The van der Waals surface area contributed by atoms with Gasteiger partial charge in [0.15, 0.2) is 0 Å². The standard InChI is InChI=1S/C10H9F9O3/c1-5(20)4-6(21)22-3-2-7(11,12)8(13,14)9(15,16)10(17,18)19/h2-4H2,1H3. The molecule has 0 amide bonds. The first kappa shape index (κ1) is 20.5. The van der Waals surface area contributed by atoms with Crippen molar-refractivity contribution in [3.63, 3.8) is 0 Å². The van der Waals surface area contributed by atoms with Crippen molar-refractivity contribution in [2.45, 2.75) is 43.7 Å². The maximum Gasteiger partial charge on any atom is 0.460 e. The molecule has 0 aliphatic carbocycles. The average molecular weight is 348 g/mol. The summed E-state index contributed by atoms with van der Waals surface area (Å²) >= 11 is 0. The molecular formula is C10H9F9O3. The summed E-state index contributed by atoms with van der Waals surface area (Å²) in [7, 11) is 0. The quantitative estimate of drug-likeness (QED) is 0.403. The van der Waals surface area contributed by atoms with Gasteiger partial charge >= 0.3 is 29.9 Å². The Labute approximate surface area is 117 Å². The van der Waals surface area contributed by atoms with Crippen LogP contribution in [0.25, 0.3) is 0 Å². The van der Waals surface area contributed by atoms with E-state index in [0.717, 1.165) is 6.92 Å². The fourth-order valence-corrected chi connectivity index (χ4v) is 1.11. The summed E-state index contributed by atoms with van der Waals surface area (Å²) in [5.74, 6) is -21.7. The highest BCUT2D eigenvalue weighted by atomic mass is 19.4. The molecule has 0 fully saturated rings. The van der Waals surface area contributed by atoms with Gasteiger partial charge in [-0.3, -0.25) is 9.59 Å². The Hall–Kier alpha value is -1.49. The van der Waals surface area contributed by atoms with Gasteiger partial charge < -0.3 is 4.74 Å². The summed E-state index contributed by atoms with van der Waals surface area (Å²) in [6.45, 7) is -0.656. The van der Waals surface area contributed by atoms with Crippen LogP contribution in [0.2, 0.25) is 0 Å². The van der Waals surface area contributed by atoms with E-state index in [1.807, 2.05) is 0 Å². The lowest BCUT2D eigenvalue weighted by molar-refractivity contribution is -0.397. The number of halogens is 9. The van der Waals surface area contributed by atoms with Crippen LogP contribution in [0, 0.1) is 0 Å². The zero-order chi connectivity index (χ0) is 18.0. The molecule has 0 aliphatic rings. The van der Waals surface area contributed by atoms with Crippen molar-refractivity contribution in [2.75, 3.05) is 6.61 Å². The highest BCUT2D eigenvalue weighted by molar-refractivity contribution is 5.94. The minimum Gasteiger partial charge on any atom is -0.465 e. The predicted octanol–water partition coefficient (Wildman–Crippen LogP) is 3.37. The van der Waals surface area contributed by atoms with Crippen molar-refractivity contribution in [3.8, 4) is 0 Å². The van der Waals surface area contributed by atoms with E-state index >= 15 is 0 Å². The average Bonchev–Trinajstić information content (AvgIpc) is 2.25. The molecule has 0 bridgehead atoms. The second-order valence-corrected chi connectivity index (χ2v) is 4.20. The van der Waals surface area contributed by atoms with Gasteiger partial charge in [-0.15, -0.1) is 0 Å². The monoisotopic (exact) mass is 348 g/mol. The Morgan fingerprint density at radius 3 is 1.68 bits per heavy atom. The number of carbonyl (C=O) groups excluding carboxylic acids is 2. The first-order valence-corrected chi connectivity index (χ1v) is 5.41. The second kappa shape index (κ2) is 6.32. The first-order chi connectivity index (χ1) is 9.56. The van der Waals surface area contributed by atoms with E-state index in [9.17, 15) is 49.1 Å². The van der Waals surface area contributed by atoms with Crippen LogP contribution in [0.15, 0.2) is 0 Å². The molecule has 0 rings (SSSR count). The number of rotatable bonds is 7. The van der Waals surface area contributed by atoms with E-state index in [4.69, 9.17) is 0 Å². The van der Waals surface area contributed by atoms with Gasteiger partial charge in [0.1, 0.15) is 12.2 Å². The molecule has 0 unspecified atom stereocenters. The predicted molar refractivity (Wildman–Crippen MR) is 51.8 cm³/mol. The molecule has 0 atom stereocenters. The highest BCUT2D eigenvalue weighted by Crippen LogP contribution is 2.53. The molecular weight excluding hydrogens is 339 g/mol. The zero-order valence-electron chi connectivity index (χ0n) is 10.7. The molecule has 0 N–H and O–H groups in total. The molecule has 0 spiro atoms. The van der Waals surface area contributed by atoms with Gasteiger partial charge in [0.2, 0.25) is 0 Å². The summed E-state index contributed by atoms with van der Waals surface area (Å²) in [4.78, 5) is 21.2. The van der Waals surface area contributed by atoms with Gasteiger partial charge in [0.25, 0.3) is 0 Å². The molecule has 3 nitrogen and oxygen atoms in total. The summed E-state index contributed by atoms with van der Waals surface area (Å²) in [5.41, 5.74) is 0. The van der Waals surface area contributed by atoms with Crippen molar-refractivity contribution in [3.05, 3.63) is 0 Å². The van der Waals surface area contributed by atoms with Crippen LogP contribution >= 0.6 is 0 Å². The third-order valence-corrected chi connectivity index (χ3v) is 2.28. The molecule has 12 heteroatoms. The summed E-state index contributed by atoms with van der Waals surface area (Å²) in [6, 6.07) is 0.